The summed E-state index contributed by atoms with van der Waals surface area (Å²) in [6, 6.07) is 33.7. The van der Waals surface area contributed by atoms with E-state index < -0.39 is 0 Å². The lowest BCUT2D eigenvalue weighted by Gasteiger charge is -2.12. The summed E-state index contributed by atoms with van der Waals surface area (Å²) in [7, 11) is 0. The number of hydrogen-bond donors (Lipinski definition) is 0. The van der Waals surface area contributed by atoms with Crippen LogP contribution in [0.4, 0.5) is 0 Å². The van der Waals surface area contributed by atoms with Crippen molar-refractivity contribution >= 4 is 48.9 Å². The molecule has 5 aromatic carbocycles. The van der Waals surface area contributed by atoms with Crippen molar-refractivity contribution in [2.75, 3.05) is 0 Å². The third kappa shape index (κ3) is 2.16. The summed E-state index contributed by atoms with van der Waals surface area (Å²) in [5.74, 6) is 0. The molecule has 2 heterocycles. The molecular formula is C30H21N. The Morgan fingerprint density at radius 2 is 1.23 bits per heavy atom. The topological polar surface area (TPSA) is 4.41 Å². The van der Waals surface area contributed by atoms with Gasteiger partial charge in [-0.1, -0.05) is 90.0 Å². The Morgan fingerprint density at radius 1 is 0.548 bits per heavy atom. The van der Waals surface area contributed by atoms with Gasteiger partial charge >= 0.3 is 0 Å². The number of aryl methyl sites for hydroxylation is 2. The third-order valence-corrected chi connectivity index (χ3v) is 6.74. The van der Waals surface area contributed by atoms with Gasteiger partial charge in [-0.3, -0.25) is 0 Å². The van der Waals surface area contributed by atoms with Gasteiger partial charge in [0, 0.05) is 21.5 Å². The average molecular weight is 396 g/mol. The summed E-state index contributed by atoms with van der Waals surface area (Å²) in [6.45, 7) is 4.39. The Labute approximate surface area is 180 Å². The molecule has 0 spiro atoms. The monoisotopic (exact) mass is 395 g/mol. The zero-order chi connectivity index (χ0) is 20.7. The largest absolute Gasteiger partial charge is 0.308 e. The maximum Gasteiger partial charge on any atom is 0.0620 e. The lowest BCUT2D eigenvalue weighted by molar-refractivity contribution is 1.37. The highest BCUT2D eigenvalue weighted by Crippen LogP contribution is 2.45. The fourth-order valence-corrected chi connectivity index (χ4v) is 5.67. The van der Waals surface area contributed by atoms with E-state index in [1.807, 2.05) is 0 Å². The zero-order valence-electron chi connectivity index (χ0n) is 17.6. The highest BCUT2D eigenvalue weighted by Gasteiger charge is 2.21. The zero-order valence-corrected chi connectivity index (χ0v) is 17.6. The molecule has 0 saturated carbocycles. The van der Waals surface area contributed by atoms with Crippen LogP contribution in [0.15, 0.2) is 91.0 Å². The molecule has 0 aliphatic carbocycles. The van der Waals surface area contributed by atoms with Gasteiger partial charge in [0.15, 0.2) is 0 Å². The van der Waals surface area contributed by atoms with Crippen LogP contribution < -0.4 is 0 Å². The second kappa shape index (κ2) is 5.86. The molecule has 0 fully saturated rings. The van der Waals surface area contributed by atoms with Crippen molar-refractivity contribution in [3.8, 4) is 11.1 Å². The summed E-state index contributed by atoms with van der Waals surface area (Å²) in [5, 5.41) is 7.96. The normalized spacial score (nSPS) is 12.2. The predicted octanol–water partition coefficient (Wildman–Crippen LogP) is 8.27. The van der Waals surface area contributed by atoms with Gasteiger partial charge in [0.2, 0.25) is 0 Å². The van der Waals surface area contributed by atoms with Gasteiger partial charge in [0.1, 0.15) is 0 Å². The number of fused-ring (bicyclic) bond motifs is 7. The van der Waals surface area contributed by atoms with Crippen LogP contribution in [0.3, 0.4) is 0 Å². The maximum atomic E-state index is 2.48. The van der Waals surface area contributed by atoms with Crippen LogP contribution in [-0.4, -0.2) is 4.40 Å². The number of benzene rings is 5. The van der Waals surface area contributed by atoms with E-state index in [0.29, 0.717) is 0 Å². The minimum Gasteiger partial charge on any atom is -0.308 e. The van der Waals surface area contributed by atoms with E-state index in [1.54, 1.807) is 0 Å². The molecule has 7 aromatic rings. The Bertz CT molecular complexity index is 1780. The molecule has 146 valence electrons. The first-order valence-electron chi connectivity index (χ1n) is 10.9. The fourth-order valence-electron chi connectivity index (χ4n) is 5.67. The minimum atomic E-state index is 1.28. The van der Waals surface area contributed by atoms with Gasteiger partial charge in [-0.25, -0.2) is 0 Å². The van der Waals surface area contributed by atoms with E-state index in [9.17, 15) is 0 Å². The van der Waals surface area contributed by atoms with Gasteiger partial charge in [-0.05, 0) is 47.9 Å². The Kier molecular flexibility index (Phi) is 3.20. The highest BCUT2D eigenvalue weighted by atomic mass is 14.9. The summed E-state index contributed by atoms with van der Waals surface area (Å²) in [4.78, 5) is 0. The molecule has 0 radical (unpaired) electrons. The molecule has 0 unspecified atom stereocenters. The van der Waals surface area contributed by atoms with Crippen molar-refractivity contribution in [1.29, 1.82) is 0 Å². The quantitative estimate of drug-likeness (QED) is 0.263. The highest BCUT2D eigenvalue weighted by molar-refractivity contribution is 6.29. The number of aromatic nitrogens is 1. The average Bonchev–Trinajstić information content (AvgIpc) is 3.29. The number of rotatable bonds is 1. The Balaban J connectivity index is 1.83. The van der Waals surface area contributed by atoms with Crippen LogP contribution in [0, 0.1) is 13.8 Å². The van der Waals surface area contributed by atoms with Crippen molar-refractivity contribution in [2.45, 2.75) is 13.8 Å². The Morgan fingerprint density at radius 3 is 2.06 bits per heavy atom. The summed E-state index contributed by atoms with van der Waals surface area (Å²) >= 11 is 0. The molecule has 0 N–H and O–H groups in total. The maximum absolute atomic E-state index is 2.48. The molecule has 0 atom stereocenters. The molecule has 0 aliphatic rings. The van der Waals surface area contributed by atoms with Crippen LogP contribution >= 0.6 is 0 Å². The first-order valence-corrected chi connectivity index (χ1v) is 10.9. The smallest absolute Gasteiger partial charge is 0.0620 e. The van der Waals surface area contributed by atoms with Gasteiger partial charge < -0.3 is 4.40 Å². The van der Waals surface area contributed by atoms with Crippen molar-refractivity contribution in [3.05, 3.63) is 102 Å². The van der Waals surface area contributed by atoms with E-state index in [-0.39, 0.29) is 0 Å². The fraction of sp³-hybridized carbons (Fsp3) is 0.0667. The lowest BCUT2D eigenvalue weighted by Crippen LogP contribution is -1.88. The number of nitrogens with zero attached hydrogens (tertiary/aromatic N) is 1. The molecular weight excluding hydrogens is 374 g/mol. The van der Waals surface area contributed by atoms with Crippen LogP contribution in [0.2, 0.25) is 0 Å². The van der Waals surface area contributed by atoms with Crippen LogP contribution in [0.25, 0.3) is 60.0 Å². The molecule has 1 nitrogen and oxygen atoms in total. The van der Waals surface area contributed by atoms with Gasteiger partial charge in [-0.2, -0.15) is 0 Å². The molecule has 31 heavy (non-hydrogen) atoms. The molecule has 7 rings (SSSR count). The minimum absolute atomic E-state index is 1.28. The molecule has 0 saturated heterocycles. The standard InChI is InChI=1S/C30H21N/c1-18-14-19(2)16-21(15-18)28-22-9-4-3-8-20(22)17-27-29(28)25-12-7-11-24-23-10-5-6-13-26(23)31(27)30(24)25/h3-17H,1-2H3. The predicted molar refractivity (Wildman–Crippen MR) is 134 cm³/mol. The molecule has 0 amide bonds. The SMILES string of the molecule is Cc1cc(C)cc(-c2c3ccccc3cc3c2c2cccc4c5ccccc5n3c42)c1. The number of hydrogen-bond acceptors (Lipinski definition) is 0. The van der Waals surface area contributed by atoms with Gasteiger partial charge in [-0.15, -0.1) is 0 Å². The molecule has 0 aliphatic heterocycles. The van der Waals surface area contributed by atoms with Crippen molar-refractivity contribution in [1.82, 2.24) is 4.40 Å². The summed E-state index contributed by atoms with van der Waals surface area (Å²) in [5.41, 5.74) is 9.17. The van der Waals surface area contributed by atoms with Gasteiger partial charge in [0.25, 0.3) is 0 Å². The summed E-state index contributed by atoms with van der Waals surface area (Å²) in [6.07, 6.45) is 0. The van der Waals surface area contributed by atoms with E-state index in [2.05, 4.69) is 109 Å². The molecule has 2 aromatic heterocycles. The second-order valence-electron chi connectivity index (χ2n) is 8.80. The van der Waals surface area contributed by atoms with E-state index in [1.165, 1.54) is 71.1 Å². The third-order valence-electron chi connectivity index (χ3n) is 6.74. The summed E-state index contributed by atoms with van der Waals surface area (Å²) < 4.78 is 2.48. The van der Waals surface area contributed by atoms with E-state index in [4.69, 9.17) is 0 Å². The van der Waals surface area contributed by atoms with Crippen LogP contribution in [-0.2, 0) is 0 Å². The van der Waals surface area contributed by atoms with Gasteiger partial charge in [0.05, 0.1) is 16.6 Å². The molecule has 1 heteroatoms. The van der Waals surface area contributed by atoms with Crippen LogP contribution in [0.1, 0.15) is 11.1 Å². The van der Waals surface area contributed by atoms with Crippen molar-refractivity contribution < 1.29 is 0 Å². The number of para-hydroxylation sites is 2. The van der Waals surface area contributed by atoms with Crippen molar-refractivity contribution in [2.24, 2.45) is 0 Å². The molecule has 0 bridgehead atoms. The lowest BCUT2D eigenvalue weighted by atomic mass is 9.91. The first kappa shape index (κ1) is 16.9. The first-order chi connectivity index (χ1) is 15.2. The van der Waals surface area contributed by atoms with E-state index in [0.717, 1.165) is 0 Å². The second-order valence-corrected chi connectivity index (χ2v) is 8.80. The van der Waals surface area contributed by atoms with Crippen molar-refractivity contribution in [3.63, 3.8) is 0 Å². The van der Waals surface area contributed by atoms with Crippen LogP contribution in [0.5, 0.6) is 0 Å². The Hall–Kier alpha value is -3.84. The van der Waals surface area contributed by atoms with E-state index >= 15 is 0 Å².